The molecule has 0 saturated carbocycles. The number of imidazole rings is 1. The minimum atomic E-state index is -4.57. The third kappa shape index (κ3) is 4.22. The van der Waals surface area contributed by atoms with Crippen molar-refractivity contribution in [3.63, 3.8) is 0 Å². The molecule has 0 radical (unpaired) electrons. The monoisotopic (exact) mass is 491 g/mol. The number of aryl methyl sites for hydroxylation is 1. The molecule has 5 rings (SSSR count). The normalized spacial score (nSPS) is 17.0. The molecule has 3 aromatic heterocycles. The number of nitrogens with zero attached hydrogens (tertiary/aromatic N) is 6. The van der Waals surface area contributed by atoms with Crippen LogP contribution in [0.15, 0.2) is 28.7 Å². The fraction of sp³-hybridized carbons (Fsp3) is 0.381. The number of H-pyrrole nitrogens is 1. The largest absolute Gasteiger partial charge is 0.443 e. The van der Waals surface area contributed by atoms with Crippen LogP contribution in [0, 0.1) is 6.92 Å². The predicted molar refractivity (Wildman–Crippen MR) is 118 cm³/mol. The summed E-state index contributed by atoms with van der Waals surface area (Å²) >= 11 is 0.588. The number of anilines is 1. The minimum Gasteiger partial charge on any atom is -0.425 e. The quantitative estimate of drug-likeness (QED) is 0.464. The number of aromatic amines is 1. The van der Waals surface area contributed by atoms with E-state index in [9.17, 15) is 18.0 Å². The van der Waals surface area contributed by atoms with Crippen molar-refractivity contribution < 1.29 is 22.4 Å². The molecule has 0 bridgehead atoms. The molecule has 1 aliphatic rings. The maximum Gasteiger partial charge on any atom is 0.443 e. The van der Waals surface area contributed by atoms with E-state index in [1.165, 1.54) is 0 Å². The lowest BCUT2D eigenvalue weighted by Gasteiger charge is -2.40. The van der Waals surface area contributed by atoms with Gasteiger partial charge in [-0.25, -0.2) is 9.97 Å². The van der Waals surface area contributed by atoms with E-state index in [4.69, 9.17) is 4.42 Å². The third-order valence-corrected chi connectivity index (χ3v) is 6.73. The molecule has 1 aliphatic heterocycles. The molecule has 1 amide bonds. The molecular formula is C21H20F3N7O2S. The zero-order valence-corrected chi connectivity index (χ0v) is 19.1. The Balaban J connectivity index is 1.41. The number of amides is 1. The molecule has 1 atom stereocenters. The van der Waals surface area contributed by atoms with Gasteiger partial charge in [-0.1, -0.05) is 23.5 Å². The zero-order valence-electron chi connectivity index (χ0n) is 18.3. The topological polar surface area (TPSA) is 104 Å². The van der Waals surface area contributed by atoms with E-state index in [2.05, 4.69) is 25.1 Å². The average molecular weight is 491 g/mol. The standard InChI is InChI=1S/C21H20F3N7O2S/c1-11-10-30(7-8-31(11)16(32)9-15-29-28-12(2)33-15)19-17(27-20(34-19)21(22,23)24)18-25-13-5-3-4-6-14(13)26-18/h3-6,11H,7-10H2,1-2H3,(H,25,26)/t11-/m1/s1. The van der Waals surface area contributed by atoms with E-state index in [-0.39, 0.29) is 35.8 Å². The molecule has 0 unspecified atom stereocenters. The van der Waals surface area contributed by atoms with Gasteiger partial charge in [0, 0.05) is 32.6 Å². The summed E-state index contributed by atoms with van der Waals surface area (Å²) in [5, 5.41) is 7.03. The highest BCUT2D eigenvalue weighted by Gasteiger charge is 2.39. The Bertz CT molecular complexity index is 1310. The smallest absolute Gasteiger partial charge is 0.425 e. The number of rotatable bonds is 4. The SMILES string of the molecule is Cc1nnc(CC(=O)N2CCN(c3sc(C(F)(F)F)nc3-c3nc4ccccc4[nH]3)C[C@H]2C)o1. The van der Waals surface area contributed by atoms with Crippen LogP contribution < -0.4 is 4.90 Å². The molecule has 1 aromatic carbocycles. The Morgan fingerprint density at radius 3 is 2.71 bits per heavy atom. The molecule has 0 spiro atoms. The van der Waals surface area contributed by atoms with E-state index in [1.54, 1.807) is 24.0 Å². The molecule has 0 aliphatic carbocycles. The van der Waals surface area contributed by atoms with Crippen LogP contribution in [0.5, 0.6) is 0 Å². The highest BCUT2D eigenvalue weighted by atomic mass is 32.1. The highest BCUT2D eigenvalue weighted by Crippen LogP contribution is 2.42. The van der Waals surface area contributed by atoms with Gasteiger partial charge in [-0.05, 0) is 19.1 Å². The van der Waals surface area contributed by atoms with Crippen molar-refractivity contribution in [3.8, 4) is 11.5 Å². The molecule has 13 heteroatoms. The zero-order chi connectivity index (χ0) is 24.0. The Labute approximate surface area is 195 Å². The van der Waals surface area contributed by atoms with Crippen LogP contribution in [0.25, 0.3) is 22.6 Å². The van der Waals surface area contributed by atoms with Gasteiger partial charge in [0.25, 0.3) is 0 Å². The van der Waals surface area contributed by atoms with Gasteiger partial charge >= 0.3 is 6.18 Å². The number of nitrogens with one attached hydrogen (secondary N) is 1. The number of carbonyl (C=O) groups is 1. The van der Waals surface area contributed by atoms with Gasteiger partial charge in [0.05, 0.1) is 11.0 Å². The summed E-state index contributed by atoms with van der Waals surface area (Å²) in [6.45, 7) is 4.54. The Morgan fingerprint density at radius 1 is 1.24 bits per heavy atom. The maximum atomic E-state index is 13.5. The fourth-order valence-electron chi connectivity index (χ4n) is 4.02. The molecule has 1 N–H and O–H groups in total. The van der Waals surface area contributed by atoms with E-state index in [0.29, 0.717) is 52.9 Å². The van der Waals surface area contributed by atoms with Gasteiger partial charge < -0.3 is 19.2 Å². The van der Waals surface area contributed by atoms with E-state index >= 15 is 0 Å². The summed E-state index contributed by atoms with van der Waals surface area (Å²) < 4.78 is 45.9. The van der Waals surface area contributed by atoms with Gasteiger partial charge in [0.2, 0.25) is 22.7 Å². The Morgan fingerprint density at radius 2 is 2.03 bits per heavy atom. The van der Waals surface area contributed by atoms with Gasteiger partial charge in [-0.2, -0.15) is 13.2 Å². The first-order valence-corrected chi connectivity index (χ1v) is 11.4. The Kier molecular flexibility index (Phi) is 5.50. The van der Waals surface area contributed by atoms with Gasteiger partial charge in [-0.3, -0.25) is 4.79 Å². The van der Waals surface area contributed by atoms with Crippen LogP contribution in [-0.2, 0) is 17.4 Å². The molecule has 9 nitrogen and oxygen atoms in total. The molecule has 4 aromatic rings. The number of benzene rings is 1. The van der Waals surface area contributed by atoms with Gasteiger partial charge in [0.1, 0.15) is 17.1 Å². The van der Waals surface area contributed by atoms with Crippen LogP contribution in [0.2, 0.25) is 0 Å². The van der Waals surface area contributed by atoms with Crippen molar-refractivity contribution in [3.05, 3.63) is 41.1 Å². The second-order valence-electron chi connectivity index (χ2n) is 8.05. The number of carbonyl (C=O) groups excluding carboxylic acids is 1. The number of piperazine rings is 1. The van der Waals surface area contributed by atoms with Crippen molar-refractivity contribution in [2.24, 2.45) is 0 Å². The summed E-state index contributed by atoms with van der Waals surface area (Å²) in [5.41, 5.74) is 1.51. The molecule has 34 heavy (non-hydrogen) atoms. The average Bonchev–Trinajstić information content (AvgIpc) is 3.50. The number of thiazole rings is 1. The summed E-state index contributed by atoms with van der Waals surface area (Å²) in [5.74, 6) is 0.723. The van der Waals surface area contributed by atoms with Crippen LogP contribution in [-0.4, -0.2) is 61.6 Å². The van der Waals surface area contributed by atoms with Crippen molar-refractivity contribution in [2.75, 3.05) is 24.5 Å². The lowest BCUT2D eigenvalue weighted by Crippen LogP contribution is -2.54. The fourth-order valence-corrected chi connectivity index (χ4v) is 4.99. The highest BCUT2D eigenvalue weighted by molar-refractivity contribution is 7.16. The van der Waals surface area contributed by atoms with Crippen LogP contribution in [0.3, 0.4) is 0 Å². The van der Waals surface area contributed by atoms with Gasteiger partial charge in [0.15, 0.2) is 5.82 Å². The molecule has 4 heterocycles. The molecule has 1 fully saturated rings. The number of hydrogen-bond donors (Lipinski definition) is 1. The molecule has 178 valence electrons. The third-order valence-electron chi connectivity index (χ3n) is 5.57. The number of hydrogen-bond acceptors (Lipinski definition) is 8. The maximum absolute atomic E-state index is 13.5. The van der Waals surface area contributed by atoms with E-state index in [0.717, 1.165) is 0 Å². The number of para-hydroxylation sites is 2. The van der Waals surface area contributed by atoms with E-state index < -0.39 is 11.2 Å². The number of fused-ring (bicyclic) bond motifs is 1. The Hall–Kier alpha value is -3.48. The van der Waals surface area contributed by atoms with Crippen molar-refractivity contribution in [2.45, 2.75) is 32.5 Å². The van der Waals surface area contributed by atoms with Crippen molar-refractivity contribution >= 4 is 33.3 Å². The second-order valence-corrected chi connectivity index (χ2v) is 9.02. The molecular weight excluding hydrogens is 471 g/mol. The molecule has 1 saturated heterocycles. The first-order chi connectivity index (χ1) is 16.2. The van der Waals surface area contributed by atoms with Crippen LogP contribution in [0.1, 0.15) is 23.7 Å². The van der Waals surface area contributed by atoms with Crippen LogP contribution >= 0.6 is 11.3 Å². The number of aromatic nitrogens is 5. The predicted octanol–water partition coefficient (Wildman–Crippen LogP) is 3.68. The summed E-state index contributed by atoms with van der Waals surface area (Å²) in [7, 11) is 0. The first kappa shape index (κ1) is 22.3. The summed E-state index contributed by atoms with van der Waals surface area (Å²) in [6.07, 6.45) is -4.59. The first-order valence-electron chi connectivity index (χ1n) is 10.6. The van der Waals surface area contributed by atoms with Gasteiger partial charge in [-0.15, -0.1) is 10.2 Å². The minimum absolute atomic E-state index is 0.0196. The lowest BCUT2D eigenvalue weighted by molar-refractivity contribution is -0.137. The number of halogens is 3. The van der Waals surface area contributed by atoms with E-state index in [1.807, 2.05) is 24.0 Å². The lowest BCUT2D eigenvalue weighted by atomic mass is 10.1. The van der Waals surface area contributed by atoms with Crippen molar-refractivity contribution in [1.82, 2.24) is 30.0 Å². The summed E-state index contributed by atoms with van der Waals surface area (Å²) in [4.78, 5) is 27.7. The number of alkyl halides is 3. The summed E-state index contributed by atoms with van der Waals surface area (Å²) in [6, 6.07) is 6.97. The second kappa shape index (κ2) is 8.38. The van der Waals surface area contributed by atoms with Crippen molar-refractivity contribution in [1.29, 1.82) is 0 Å². The van der Waals surface area contributed by atoms with Crippen LogP contribution in [0.4, 0.5) is 18.2 Å².